The predicted molar refractivity (Wildman–Crippen MR) is 112 cm³/mol. The van der Waals surface area contributed by atoms with Crippen molar-refractivity contribution in [3.8, 4) is 0 Å². The van der Waals surface area contributed by atoms with Gasteiger partial charge in [-0.2, -0.15) is 5.10 Å². The number of anilines is 1. The smallest absolute Gasteiger partial charge is 0.267 e. The molecule has 2 aromatic rings. The van der Waals surface area contributed by atoms with Gasteiger partial charge in [0.25, 0.3) is 5.91 Å². The van der Waals surface area contributed by atoms with Crippen molar-refractivity contribution in [1.29, 1.82) is 0 Å². The number of aromatic nitrogens is 2. The second-order valence-corrected chi connectivity index (χ2v) is 8.60. The molecular weight excluding hydrogens is 418 g/mol. The molecule has 166 valence electrons. The Hall–Kier alpha value is -3.43. The summed E-state index contributed by atoms with van der Waals surface area (Å²) in [5, 5.41) is 5.51. The van der Waals surface area contributed by atoms with Crippen LogP contribution in [0.4, 0.5) is 14.7 Å². The standard InChI is InChI=1S/C22H22F2N6O2/c23-15-1-2-17(24)16(9-15)19-4-6-27-30(19)21(32)12-7-13-10-29(11-14(13)8-12)22-26-5-3-18(28-22)20(25)31/h1-3,5-6,9,12-14,19H,4,7-8,10-11H2,(H2,25,31)/t12-,13-,14+,19-/m0/s1. The molecule has 0 bridgehead atoms. The molecule has 1 aromatic carbocycles. The summed E-state index contributed by atoms with van der Waals surface area (Å²) in [6.07, 6.45) is 4.81. The number of benzene rings is 1. The Morgan fingerprint density at radius 1 is 1.09 bits per heavy atom. The molecule has 0 unspecified atom stereocenters. The molecule has 2 N–H and O–H groups in total. The highest BCUT2D eigenvalue weighted by Crippen LogP contribution is 2.44. The Kier molecular flexibility index (Phi) is 5.07. The number of primary amides is 1. The van der Waals surface area contributed by atoms with E-state index in [1.165, 1.54) is 17.3 Å². The maximum absolute atomic E-state index is 14.3. The van der Waals surface area contributed by atoms with Crippen molar-refractivity contribution in [1.82, 2.24) is 15.0 Å². The number of rotatable bonds is 4. The lowest BCUT2D eigenvalue weighted by molar-refractivity contribution is -0.137. The molecule has 3 aliphatic rings. The minimum atomic E-state index is -0.625. The van der Waals surface area contributed by atoms with Gasteiger partial charge in [0.1, 0.15) is 17.3 Å². The molecule has 2 amide bonds. The van der Waals surface area contributed by atoms with E-state index < -0.39 is 23.6 Å². The molecule has 0 radical (unpaired) electrons. The molecule has 10 heteroatoms. The van der Waals surface area contributed by atoms with Crippen LogP contribution in [0.15, 0.2) is 35.6 Å². The number of hydrogen-bond donors (Lipinski definition) is 1. The third-order valence-corrected chi connectivity index (χ3v) is 6.65. The van der Waals surface area contributed by atoms with E-state index >= 15 is 0 Å². The number of halogens is 2. The highest BCUT2D eigenvalue weighted by molar-refractivity contribution is 5.90. The Balaban J connectivity index is 1.26. The fourth-order valence-corrected chi connectivity index (χ4v) is 5.14. The number of hydrazone groups is 1. The largest absolute Gasteiger partial charge is 0.364 e. The molecule has 1 aliphatic carbocycles. The molecule has 1 saturated carbocycles. The summed E-state index contributed by atoms with van der Waals surface area (Å²) in [6, 6.07) is 4.13. The van der Waals surface area contributed by atoms with E-state index in [9.17, 15) is 18.4 Å². The molecule has 1 saturated heterocycles. The monoisotopic (exact) mass is 440 g/mol. The van der Waals surface area contributed by atoms with Crippen molar-refractivity contribution >= 4 is 24.0 Å². The Morgan fingerprint density at radius 3 is 2.56 bits per heavy atom. The molecule has 8 nitrogen and oxygen atoms in total. The topological polar surface area (TPSA) is 105 Å². The first kappa shape index (κ1) is 20.5. The van der Waals surface area contributed by atoms with Crippen LogP contribution < -0.4 is 10.6 Å². The number of amides is 2. The van der Waals surface area contributed by atoms with Crippen LogP contribution in [-0.4, -0.2) is 46.1 Å². The van der Waals surface area contributed by atoms with Crippen molar-refractivity contribution in [2.75, 3.05) is 18.0 Å². The Bertz CT molecular complexity index is 1100. The first-order chi connectivity index (χ1) is 15.4. The van der Waals surface area contributed by atoms with Crippen LogP contribution >= 0.6 is 0 Å². The van der Waals surface area contributed by atoms with Crippen LogP contribution in [-0.2, 0) is 4.79 Å². The summed E-state index contributed by atoms with van der Waals surface area (Å²) in [5.74, 6) is -1.05. The first-order valence-electron chi connectivity index (χ1n) is 10.6. The normalized spacial score (nSPS) is 26.6. The molecule has 5 rings (SSSR count). The number of nitrogens with zero attached hydrogens (tertiary/aromatic N) is 5. The van der Waals surface area contributed by atoms with E-state index in [1.807, 2.05) is 4.90 Å². The van der Waals surface area contributed by atoms with Crippen molar-refractivity contribution in [3.63, 3.8) is 0 Å². The lowest BCUT2D eigenvalue weighted by Gasteiger charge is -2.26. The summed E-state index contributed by atoms with van der Waals surface area (Å²) in [6.45, 7) is 1.36. The van der Waals surface area contributed by atoms with Crippen LogP contribution in [0.3, 0.4) is 0 Å². The van der Waals surface area contributed by atoms with Gasteiger partial charge in [-0.15, -0.1) is 0 Å². The van der Waals surface area contributed by atoms with Crippen LogP contribution in [0.25, 0.3) is 0 Å². The van der Waals surface area contributed by atoms with Gasteiger partial charge in [-0.05, 0) is 48.9 Å². The van der Waals surface area contributed by atoms with Gasteiger partial charge < -0.3 is 10.6 Å². The lowest BCUT2D eigenvalue weighted by Crippen LogP contribution is -2.33. The summed E-state index contributed by atoms with van der Waals surface area (Å²) in [7, 11) is 0. The molecule has 0 spiro atoms. The zero-order valence-electron chi connectivity index (χ0n) is 17.2. The number of carbonyl (C=O) groups is 2. The average molecular weight is 440 g/mol. The van der Waals surface area contributed by atoms with E-state index in [0.29, 0.717) is 38.3 Å². The van der Waals surface area contributed by atoms with E-state index in [-0.39, 0.29) is 34.9 Å². The predicted octanol–water partition coefficient (Wildman–Crippen LogP) is 2.28. The fraction of sp³-hybridized carbons (Fsp3) is 0.409. The van der Waals surface area contributed by atoms with E-state index in [2.05, 4.69) is 15.1 Å². The second kappa shape index (κ2) is 7.92. The second-order valence-electron chi connectivity index (χ2n) is 8.60. The van der Waals surface area contributed by atoms with Gasteiger partial charge in [-0.1, -0.05) is 0 Å². The summed E-state index contributed by atoms with van der Waals surface area (Å²) in [5.41, 5.74) is 5.62. The molecule has 2 fully saturated rings. The van der Waals surface area contributed by atoms with Crippen LogP contribution in [0, 0.1) is 29.4 Å². The lowest BCUT2D eigenvalue weighted by atomic mass is 10.00. The minimum Gasteiger partial charge on any atom is -0.364 e. The number of fused-ring (bicyclic) bond motifs is 1. The van der Waals surface area contributed by atoms with E-state index in [1.54, 1.807) is 6.21 Å². The molecular formula is C22H22F2N6O2. The Morgan fingerprint density at radius 2 is 1.84 bits per heavy atom. The van der Waals surface area contributed by atoms with Crippen molar-refractivity contribution in [2.45, 2.75) is 25.3 Å². The maximum atomic E-state index is 14.3. The summed E-state index contributed by atoms with van der Waals surface area (Å²) >= 11 is 0. The van der Waals surface area contributed by atoms with Gasteiger partial charge in [0, 0.05) is 43.4 Å². The molecule has 1 aromatic heterocycles. The number of hydrogen-bond acceptors (Lipinski definition) is 6. The molecule has 32 heavy (non-hydrogen) atoms. The quantitative estimate of drug-likeness (QED) is 0.785. The highest BCUT2D eigenvalue weighted by atomic mass is 19.1. The van der Waals surface area contributed by atoms with E-state index in [0.717, 1.165) is 18.2 Å². The van der Waals surface area contributed by atoms with Crippen molar-refractivity contribution in [3.05, 3.63) is 53.4 Å². The van der Waals surface area contributed by atoms with Crippen LogP contribution in [0.5, 0.6) is 0 Å². The molecule has 4 atom stereocenters. The summed E-state index contributed by atoms with van der Waals surface area (Å²) < 4.78 is 28.0. The van der Waals surface area contributed by atoms with Gasteiger partial charge in [-0.3, -0.25) is 9.59 Å². The highest BCUT2D eigenvalue weighted by Gasteiger charge is 2.46. The molecule has 3 heterocycles. The van der Waals surface area contributed by atoms with Gasteiger partial charge in [-0.25, -0.2) is 23.8 Å². The fourth-order valence-electron chi connectivity index (χ4n) is 5.14. The average Bonchev–Trinajstić information content (AvgIpc) is 3.50. The van der Waals surface area contributed by atoms with Gasteiger partial charge in [0.05, 0.1) is 6.04 Å². The van der Waals surface area contributed by atoms with E-state index in [4.69, 9.17) is 5.73 Å². The third kappa shape index (κ3) is 3.59. The zero-order chi connectivity index (χ0) is 22.4. The van der Waals surface area contributed by atoms with Gasteiger partial charge in [0.15, 0.2) is 0 Å². The first-order valence-corrected chi connectivity index (χ1v) is 10.6. The molecule has 2 aliphatic heterocycles. The van der Waals surface area contributed by atoms with Crippen molar-refractivity contribution in [2.24, 2.45) is 28.6 Å². The van der Waals surface area contributed by atoms with Gasteiger partial charge >= 0.3 is 0 Å². The van der Waals surface area contributed by atoms with Crippen LogP contribution in [0.1, 0.15) is 41.4 Å². The van der Waals surface area contributed by atoms with Gasteiger partial charge in [0.2, 0.25) is 11.9 Å². The number of carbonyl (C=O) groups excluding carboxylic acids is 2. The zero-order valence-corrected chi connectivity index (χ0v) is 17.2. The number of nitrogens with two attached hydrogens (primary N) is 1. The maximum Gasteiger partial charge on any atom is 0.267 e. The SMILES string of the molecule is NC(=O)c1ccnc(N2C[C@H]3C[C@@H](C(=O)N4N=CC[C@H]4c4cc(F)ccc4F)C[C@H]3C2)n1. The minimum absolute atomic E-state index is 0.145. The van der Waals surface area contributed by atoms with Crippen LogP contribution in [0.2, 0.25) is 0 Å². The van der Waals surface area contributed by atoms with Crippen molar-refractivity contribution < 1.29 is 18.4 Å². The summed E-state index contributed by atoms with van der Waals surface area (Å²) in [4.78, 5) is 35.1. The Labute approximate surface area is 183 Å². The third-order valence-electron chi connectivity index (χ3n) is 6.65.